The highest BCUT2D eigenvalue weighted by molar-refractivity contribution is 5.95. The number of rotatable bonds is 2. The number of carbonyl (C=O) groups excluding carboxylic acids is 2. The molecule has 214 valence electrons. The van der Waals surface area contributed by atoms with Crippen LogP contribution >= 0.6 is 0 Å². The van der Waals surface area contributed by atoms with Gasteiger partial charge in [0.05, 0.1) is 12.1 Å². The van der Waals surface area contributed by atoms with E-state index < -0.39 is 5.41 Å². The molecule has 38 heavy (non-hydrogen) atoms. The number of aliphatic hydroxyl groups is 1. The van der Waals surface area contributed by atoms with E-state index in [1.807, 2.05) is 20.8 Å². The van der Waals surface area contributed by atoms with Crippen molar-refractivity contribution in [2.45, 2.75) is 132 Å². The van der Waals surface area contributed by atoms with E-state index >= 15 is 0 Å². The molecule has 0 aliphatic heterocycles. The van der Waals surface area contributed by atoms with Gasteiger partial charge < -0.3 is 5.11 Å². The Morgan fingerprint density at radius 3 is 2.21 bits per heavy atom. The molecule has 0 aromatic rings. The summed E-state index contributed by atoms with van der Waals surface area (Å²) in [5.41, 5.74) is 0.189. The van der Waals surface area contributed by atoms with Gasteiger partial charge in [0.25, 0.3) is 5.91 Å². The van der Waals surface area contributed by atoms with Crippen LogP contribution in [0.5, 0.6) is 0 Å². The molecular formula is C33H53NO4. The van der Waals surface area contributed by atoms with Crippen molar-refractivity contribution in [3.63, 3.8) is 0 Å². The standard InChI is InChI=1S/C33H53NO4/c1-20(2)34(38)27(37)30(6)15-14-29(5)16-17-32(8)21(22(29)19-30)18-23(35)26-31(7)12-11-25(36)28(3,4)24(31)10-13-33(26,32)9/h18,20,22,24-26,36,38H,10-17,19H2,1-9H3/t22-,24?,25-,26+,29+,30-,31-,32+,33+/m0/s1. The zero-order valence-corrected chi connectivity index (χ0v) is 25.5. The van der Waals surface area contributed by atoms with Crippen LogP contribution in [0.25, 0.3) is 0 Å². The smallest absolute Gasteiger partial charge is 0.252 e. The second kappa shape index (κ2) is 8.41. The maximum atomic E-state index is 14.4. The predicted molar refractivity (Wildman–Crippen MR) is 149 cm³/mol. The Morgan fingerprint density at radius 1 is 0.947 bits per heavy atom. The van der Waals surface area contributed by atoms with Gasteiger partial charge in [0.2, 0.25) is 0 Å². The molecule has 0 radical (unpaired) electrons. The average Bonchev–Trinajstić information content (AvgIpc) is 2.83. The summed E-state index contributed by atoms with van der Waals surface area (Å²) in [5, 5.41) is 22.5. The van der Waals surface area contributed by atoms with Crippen LogP contribution in [0.15, 0.2) is 11.6 Å². The fourth-order valence-electron chi connectivity index (χ4n) is 10.9. The second-order valence-corrected chi connectivity index (χ2v) is 16.4. The zero-order chi connectivity index (χ0) is 28.3. The normalized spacial score (nSPS) is 49.8. The number of ketones is 1. The zero-order valence-electron chi connectivity index (χ0n) is 25.5. The number of allylic oxidation sites excluding steroid dienone is 2. The molecule has 0 saturated heterocycles. The van der Waals surface area contributed by atoms with E-state index in [2.05, 4.69) is 47.6 Å². The number of hydrogen-bond donors (Lipinski definition) is 2. The molecule has 5 aliphatic rings. The van der Waals surface area contributed by atoms with Crippen LogP contribution in [0, 0.1) is 50.2 Å². The van der Waals surface area contributed by atoms with Crippen LogP contribution in [0.2, 0.25) is 0 Å². The number of fused-ring (bicyclic) bond motifs is 7. The third-order valence-electron chi connectivity index (χ3n) is 13.8. The third-order valence-corrected chi connectivity index (χ3v) is 13.8. The number of hydrogen-bond acceptors (Lipinski definition) is 4. The van der Waals surface area contributed by atoms with Crippen LogP contribution in [0.3, 0.4) is 0 Å². The van der Waals surface area contributed by atoms with Gasteiger partial charge in [-0.05, 0) is 117 Å². The van der Waals surface area contributed by atoms with E-state index in [9.17, 15) is 19.9 Å². The molecule has 0 aromatic heterocycles. The lowest BCUT2D eigenvalue weighted by molar-refractivity contribution is -0.204. The molecule has 1 unspecified atom stereocenters. The number of nitrogens with zero attached hydrogens (tertiary/aromatic N) is 1. The van der Waals surface area contributed by atoms with Crippen molar-refractivity contribution < 1.29 is 19.9 Å². The molecule has 5 aliphatic carbocycles. The van der Waals surface area contributed by atoms with Gasteiger partial charge in [-0.15, -0.1) is 0 Å². The molecule has 0 aromatic carbocycles. The van der Waals surface area contributed by atoms with E-state index in [0.29, 0.717) is 12.3 Å². The van der Waals surface area contributed by atoms with Gasteiger partial charge in [0.15, 0.2) is 5.78 Å². The minimum atomic E-state index is -0.629. The second-order valence-electron chi connectivity index (χ2n) is 16.4. The van der Waals surface area contributed by atoms with Gasteiger partial charge >= 0.3 is 0 Å². The van der Waals surface area contributed by atoms with Crippen molar-refractivity contribution in [3.8, 4) is 0 Å². The maximum absolute atomic E-state index is 14.4. The summed E-state index contributed by atoms with van der Waals surface area (Å²) < 4.78 is 0. The number of carbonyl (C=O) groups is 2. The molecule has 4 fully saturated rings. The lowest BCUT2D eigenvalue weighted by Gasteiger charge is -2.70. The number of amides is 1. The Hall–Kier alpha value is -1.20. The Bertz CT molecular complexity index is 1060. The van der Waals surface area contributed by atoms with E-state index in [1.165, 1.54) is 5.57 Å². The van der Waals surface area contributed by atoms with Crippen molar-refractivity contribution in [1.29, 1.82) is 0 Å². The van der Waals surface area contributed by atoms with Gasteiger partial charge in [-0.2, -0.15) is 0 Å². The Balaban J connectivity index is 1.58. The first kappa shape index (κ1) is 28.3. The quantitative estimate of drug-likeness (QED) is 0.301. The number of hydroxylamine groups is 2. The van der Waals surface area contributed by atoms with Crippen molar-refractivity contribution in [2.24, 2.45) is 50.2 Å². The maximum Gasteiger partial charge on any atom is 0.252 e. The molecule has 9 atom stereocenters. The predicted octanol–water partition coefficient (Wildman–Crippen LogP) is 6.95. The first-order valence-corrected chi connectivity index (χ1v) is 15.3. The lowest BCUT2D eigenvalue weighted by atomic mass is 9.33. The summed E-state index contributed by atoms with van der Waals surface area (Å²) in [5.74, 6) is 0.568. The van der Waals surface area contributed by atoms with Gasteiger partial charge in [0.1, 0.15) is 0 Å². The first-order valence-electron chi connectivity index (χ1n) is 15.3. The van der Waals surface area contributed by atoms with Crippen LogP contribution in [-0.2, 0) is 9.59 Å². The average molecular weight is 528 g/mol. The van der Waals surface area contributed by atoms with Crippen molar-refractivity contribution in [3.05, 3.63) is 11.6 Å². The number of aliphatic hydroxyl groups excluding tert-OH is 1. The van der Waals surface area contributed by atoms with Gasteiger partial charge in [-0.25, -0.2) is 5.06 Å². The van der Waals surface area contributed by atoms with E-state index in [1.54, 1.807) is 0 Å². The minimum Gasteiger partial charge on any atom is -0.393 e. The first-order chi connectivity index (χ1) is 17.4. The van der Waals surface area contributed by atoms with Crippen molar-refractivity contribution in [2.75, 3.05) is 0 Å². The van der Waals surface area contributed by atoms with E-state index in [0.717, 1.165) is 56.4 Å². The minimum absolute atomic E-state index is 0.0379. The highest BCUT2D eigenvalue weighted by Gasteiger charge is 2.70. The summed E-state index contributed by atoms with van der Waals surface area (Å²) in [6.45, 7) is 19.7. The summed E-state index contributed by atoms with van der Waals surface area (Å²) in [6.07, 6.45) is 10.1. The van der Waals surface area contributed by atoms with Crippen LogP contribution in [-0.4, -0.2) is 39.2 Å². The highest BCUT2D eigenvalue weighted by Crippen LogP contribution is 2.75. The third kappa shape index (κ3) is 3.49. The Morgan fingerprint density at radius 2 is 1.58 bits per heavy atom. The largest absolute Gasteiger partial charge is 0.393 e. The molecular weight excluding hydrogens is 474 g/mol. The SMILES string of the molecule is CC(C)N(O)C(=O)[C@@]1(C)CC[C@]2(C)CC[C@]3(C)C(=CC(=O)[C@@H]4[C@@]5(C)CC[C@H](O)C(C)(C)C5CC[C@]43C)[C@@H]2C1. The summed E-state index contributed by atoms with van der Waals surface area (Å²) in [6, 6.07) is -0.256. The van der Waals surface area contributed by atoms with Crippen LogP contribution in [0.1, 0.15) is 120 Å². The molecule has 5 heteroatoms. The fraction of sp³-hybridized carbons (Fsp3) is 0.879. The van der Waals surface area contributed by atoms with E-state index in [4.69, 9.17) is 0 Å². The van der Waals surface area contributed by atoms with Crippen LogP contribution in [0.4, 0.5) is 0 Å². The lowest BCUT2D eigenvalue weighted by Crippen LogP contribution is -2.66. The molecule has 0 bridgehead atoms. The van der Waals surface area contributed by atoms with Gasteiger partial charge in [0, 0.05) is 11.3 Å². The van der Waals surface area contributed by atoms with Gasteiger partial charge in [-0.3, -0.25) is 14.8 Å². The monoisotopic (exact) mass is 527 g/mol. The van der Waals surface area contributed by atoms with Crippen LogP contribution < -0.4 is 0 Å². The topological polar surface area (TPSA) is 77.8 Å². The fourth-order valence-corrected chi connectivity index (χ4v) is 10.9. The molecule has 5 nitrogen and oxygen atoms in total. The molecule has 4 saturated carbocycles. The molecule has 1 amide bonds. The highest BCUT2D eigenvalue weighted by atomic mass is 16.5. The molecule has 5 rings (SSSR count). The van der Waals surface area contributed by atoms with Crippen molar-refractivity contribution in [1.82, 2.24) is 5.06 Å². The van der Waals surface area contributed by atoms with Crippen molar-refractivity contribution >= 4 is 11.7 Å². The Labute approximate surface area is 230 Å². The molecule has 0 heterocycles. The Kier molecular flexibility index (Phi) is 6.27. The van der Waals surface area contributed by atoms with Gasteiger partial charge in [-0.1, -0.05) is 54.0 Å². The summed E-state index contributed by atoms with van der Waals surface area (Å²) in [4.78, 5) is 27.9. The summed E-state index contributed by atoms with van der Waals surface area (Å²) in [7, 11) is 0. The van der Waals surface area contributed by atoms with E-state index in [-0.39, 0.29) is 62.7 Å². The molecule has 0 spiro atoms. The molecule has 2 N–H and O–H groups in total. The summed E-state index contributed by atoms with van der Waals surface area (Å²) >= 11 is 0.